The molecule has 0 aromatic rings. The van der Waals surface area contributed by atoms with Gasteiger partial charge in [-0.25, -0.2) is 0 Å². The van der Waals surface area contributed by atoms with Gasteiger partial charge in [-0.3, -0.25) is 4.79 Å². The second-order valence-corrected chi connectivity index (χ2v) is 6.55. The fourth-order valence-corrected chi connectivity index (χ4v) is 3.59. The SMILES string of the molecule is O=C(CC1(O)CCCC1)N1CCC(O)(C2CC2)C1. The van der Waals surface area contributed by atoms with Gasteiger partial charge in [-0.15, -0.1) is 0 Å². The van der Waals surface area contributed by atoms with E-state index in [4.69, 9.17) is 0 Å². The van der Waals surface area contributed by atoms with Crippen LogP contribution in [0.15, 0.2) is 0 Å². The number of hydrogen-bond donors (Lipinski definition) is 2. The van der Waals surface area contributed by atoms with Crippen LogP contribution < -0.4 is 0 Å². The Morgan fingerprint density at radius 1 is 1.17 bits per heavy atom. The number of hydrogen-bond acceptors (Lipinski definition) is 3. The third-order valence-corrected chi connectivity index (χ3v) is 4.98. The second kappa shape index (κ2) is 4.20. The molecule has 18 heavy (non-hydrogen) atoms. The number of amides is 1. The summed E-state index contributed by atoms with van der Waals surface area (Å²) in [6.07, 6.45) is 6.70. The van der Waals surface area contributed by atoms with Crippen LogP contribution in [0.2, 0.25) is 0 Å². The molecule has 3 aliphatic rings. The molecule has 3 fully saturated rings. The summed E-state index contributed by atoms with van der Waals surface area (Å²) in [6, 6.07) is 0. The topological polar surface area (TPSA) is 60.8 Å². The summed E-state index contributed by atoms with van der Waals surface area (Å²) in [4.78, 5) is 14.0. The average Bonchev–Trinajstić information content (AvgIpc) is 2.99. The Bertz CT molecular complexity index is 347. The van der Waals surface area contributed by atoms with Crippen molar-refractivity contribution < 1.29 is 15.0 Å². The first-order valence-corrected chi connectivity index (χ1v) is 7.23. The fourth-order valence-electron chi connectivity index (χ4n) is 3.59. The fraction of sp³-hybridized carbons (Fsp3) is 0.929. The summed E-state index contributed by atoms with van der Waals surface area (Å²) in [5, 5.41) is 20.7. The molecule has 2 N–H and O–H groups in total. The Kier molecular flexibility index (Phi) is 2.90. The summed E-state index contributed by atoms with van der Waals surface area (Å²) in [5.74, 6) is 0.431. The third-order valence-electron chi connectivity index (χ3n) is 4.98. The smallest absolute Gasteiger partial charge is 0.225 e. The van der Waals surface area contributed by atoms with Gasteiger partial charge >= 0.3 is 0 Å². The summed E-state index contributed by atoms with van der Waals surface area (Å²) in [5.41, 5.74) is -1.40. The van der Waals surface area contributed by atoms with Crippen molar-refractivity contribution in [1.29, 1.82) is 0 Å². The highest BCUT2D eigenvalue weighted by molar-refractivity contribution is 5.77. The minimum Gasteiger partial charge on any atom is -0.389 e. The Morgan fingerprint density at radius 3 is 2.44 bits per heavy atom. The van der Waals surface area contributed by atoms with Crippen molar-refractivity contribution >= 4 is 5.91 Å². The zero-order valence-corrected chi connectivity index (χ0v) is 10.9. The van der Waals surface area contributed by atoms with Gasteiger partial charge in [0.15, 0.2) is 0 Å². The molecule has 0 radical (unpaired) electrons. The van der Waals surface area contributed by atoms with E-state index in [9.17, 15) is 15.0 Å². The first-order chi connectivity index (χ1) is 8.51. The molecule has 1 aliphatic heterocycles. The first kappa shape index (κ1) is 12.4. The maximum absolute atomic E-state index is 12.2. The van der Waals surface area contributed by atoms with Crippen molar-refractivity contribution in [2.75, 3.05) is 13.1 Å². The Balaban J connectivity index is 1.57. The van der Waals surface area contributed by atoms with Crippen LogP contribution in [-0.4, -0.2) is 45.3 Å². The molecule has 3 rings (SSSR count). The number of likely N-dealkylation sites (tertiary alicyclic amines) is 1. The molecule has 0 aromatic carbocycles. The highest BCUT2D eigenvalue weighted by Crippen LogP contribution is 2.44. The lowest BCUT2D eigenvalue weighted by atomic mass is 9.96. The maximum Gasteiger partial charge on any atom is 0.225 e. The number of carbonyl (C=O) groups excluding carboxylic acids is 1. The molecule has 1 amide bonds. The lowest BCUT2D eigenvalue weighted by Crippen LogP contribution is -2.40. The van der Waals surface area contributed by atoms with Crippen molar-refractivity contribution in [1.82, 2.24) is 4.90 Å². The number of β-amino-alcohol motifs (C(OH)–C–C–N with tert-alkyl or cyclic N) is 1. The molecule has 4 nitrogen and oxygen atoms in total. The van der Waals surface area contributed by atoms with Crippen LogP contribution >= 0.6 is 0 Å². The van der Waals surface area contributed by atoms with Crippen LogP contribution in [0.4, 0.5) is 0 Å². The van der Waals surface area contributed by atoms with E-state index >= 15 is 0 Å². The Hall–Kier alpha value is -0.610. The van der Waals surface area contributed by atoms with Crippen LogP contribution in [0.25, 0.3) is 0 Å². The summed E-state index contributed by atoms with van der Waals surface area (Å²) in [7, 11) is 0. The minimum absolute atomic E-state index is 0.0241. The van der Waals surface area contributed by atoms with Crippen LogP contribution in [0.1, 0.15) is 51.4 Å². The molecule has 1 saturated heterocycles. The molecular formula is C14H23NO3. The van der Waals surface area contributed by atoms with E-state index in [2.05, 4.69) is 0 Å². The van der Waals surface area contributed by atoms with E-state index in [1.165, 1.54) is 0 Å². The molecule has 0 spiro atoms. The van der Waals surface area contributed by atoms with E-state index in [0.717, 1.165) is 38.5 Å². The first-order valence-electron chi connectivity index (χ1n) is 7.23. The van der Waals surface area contributed by atoms with Crippen molar-refractivity contribution in [2.45, 2.75) is 62.6 Å². The molecular weight excluding hydrogens is 230 g/mol. The lowest BCUT2D eigenvalue weighted by Gasteiger charge is -2.26. The average molecular weight is 253 g/mol. The summed E-state index contributed by atoms with van der Waals surface area (Å²) >= 11 is 0. The zero-order chi connectivity index (χ0) is 12.8. The highest BCUT2D eigenvalue weighted by atomic mass is 16.3. The van der Waals surface area contributed by atoms with Crippen molar-refractivity contribution in [3.05, 3.63) is 0 Å². The predicted molar refractivity (Wildman–Crippen MR) is 66.9 cm³/mol. The minimum atomic E-state index is -0.766. The van der Waals surface area contributed by atoms with Crippen molar-refractivity contribution in [3.63, 3.8) is 0 Å². The molecule has 1 atom stereocenters. The van der Waals surface area contributed by atoms with E-state index in [-0.39, 0.29) is 12.3 Å². The zero-order valence-electron chi connectivity index (χ0n) is 10.9. The van der Waals surface area contributed by atoms with Gasteiger partial charge in [0, 0.05) is 13.1 Å². The van der Waals surface area contributed by atoms with Crippen LogP contribution in [-0.2, 0) is 4.79 Å². The van der Waals surface area contributed by atoms with Crippen LogP contribution in [0.5, 0.6) is 0 Å². The van der Waals surface area contributed by atoms with E-state index in [1.807, 2.05) is 0 Å². The van der Waals surface area contributed by atoms with E-state index < -0.39 is 11.2 Å². The van der Waals surface area contributed by atoms with Gasteiger partial charge < -0.3 is 15.1 Å². The van der Waals surface area contributed by atoms with Crippen molar-refractivity contribution in [2.24, 2.45) is 5.92 Å². The quantitative estimate of drug-likeness (QED) is 0.790. The largest absolute Gasteiger partial charge is 0.389 e. The highest BCUT2D eigenvalue weighted by Gasteiger charge is 2.49. The van der Waals surface area contributed by atoms with Crippen LogP contribution in [0, 0.1) is 5.92 Å². The second-order valence-electron chi connectivity index (χ2n) is 6.55. The van der Waals surface area contributed by atoms with E-state index in [1.54, 1.807) is 4.90 Å². The molecule has 1 heterocycles. The van der Waals surface area contributed by atoms with E-state index in [0.29, 0.717) is 25.4 Å². The standard InChI is InChI=1S/C14H23NO3/c16-12(9-13(17)5-1-2-6-13)15-8-7-14(18,10-15)11-3-4-11/h11,17-18H,1-10H2. The normalized spacial score (nSPS) is 35.1. The molecule has 2 aliphatic carbocycles. The predicted octanol–water partition coefficient (Wildman–Crippen LogP) is 1.05. The molecule has 102 valence electrons. The Labute approximate surface area is 108 Å². The number of nitrogens with zero attached hydrogens (tertiary/aromatic N) is 1. The summed E-state index contributed by atoms with van der Waals surface area (Å²) in [6.45, 7) is 1.13. The monoisotopic (exact) mass is 253 g/mol. The van der Waals surface area contributed by atoms with Gasteiger partial charge in [0.2, 0.25) is 5.91 Å². The Morgan fingerprint density at radius 2 is 1.83 bits per heavy atom. The van der Waals surface area contributed by atoms with Gasteiger partial charge in [0.1, 0.15) is 0 Å². The molecule has 4 heteroatoms. The van der Waals surface area contributed by atoms with Crippen molar-refractivity contribution in [3.8, 4) is 0 Å². The summed E-state index contributed by atoms with van der Waals surface area (Å²) < 4.78 is 0. The molecule has 0 bridgehead atoms. The van der Waals surface area contributed by atoms with Gasteiger partial charge in [0.05, 0.1) is 17.6 Å². The third kappa shape index (κ3) is 2.28. The van der Waals surface area contributed by atoms with Crippen LogP contribution in [0.3, 0.4) is 0 Å². The molecule has 2 saturated carbocycles. The van der Waals surface area contributed by atoms with Gasteiger partial charge in [-0.05, 0) is 38.0 Å². The molecule has 0 aromatic heterocycles. The number of carbonyl (C=O) groups is 1. The molecule has 1 unspecified atom stereocenters. The maximum atomic E-state index is 12.2. The lowest BCUT2D eigenvalue weighted by molar-refractivity contribution is -0.136. The van der Waals surface area contributed by atoms with Gasteiger partial charge in [-0.1, -0.05) is 12.8 Å². The van der Waals surface area contributed by atoms with Gasteiger partial charge in [0.25, 0.3) is 0 Å². The van der Waals surface area contributed by atoms with Gasteiger partial charge in [-0.2, -0.15) is 0 Å². The number of aliphatic hydroxyl groups is 2. The number of rotatable bonds is 3.